The molecule has 1 aromatic rings. The van der Waals surface area contributed by atoms with E-state index in [1.807, 2.05) is 17.8 Å². The van der Waals surface area contributed by atoms with Crippen molar-refractivity contribution in [3.8, 4) is 0 Å². The molecular formula is C20H33N5O2S2. The van der Waals surface area contributed by atoms with Gasteiger partial charge in [-0.05, 0) is 24.9 Å². The number of guanidine groups is 1. The summed E-state index contributed by atoms with van der Waals surface area (Å²) in [6.45, 7) is 4.50. The summed E-state index contributed by atoms with van der Waals surface area (Å²) in [6, 6.07) is 11.0. The zero-order valence-electron chi connectivity index (χ0n) is 17.2. The minimum absolute atomic E-state index is 0.0991. The van der Waals surface area contributed by atoms with Gasteiger partial charge in [-0.3, -0.25) is 9.89 Å². The first-order valence-electron chi connectivity index (χ1n) is 10.4. The van der Waals surface area contributed by atoms with Crippen molar-refractivity contribution in [2.45, 2.75) is 25.4 Å². The van der Waals surface area contributed by atoms with Crippen LogP contribution in [0.2, 0.25) is 0 Å². The fourth-order valence-corrected chi connectivity index (χ4v) is 6.33. The summed E-state index contributed by atoms with van der Waals surface area (Å²) >= 11 is 1.81. The Morgan fingerprint density at radius 1 is 1.17 bits per heavy atom. The highest BCUT2D eigenvalue weighted by Gasteiger charge is 2.25. The number of likely N-dealkylation sites (tertiary alicyclic amines) is 1. The molecule has 2 aliphatic rings. The third kappa shape index (κ3) is 6.87. The highest BCUT2D eigenvalue weighted by molar-refractivity contribution is 7.99. The minimum Gasteiger partial charge on any atom is -0.355 e. The second-order valence-electron chi connectivity index (χ2n) is 7.46. The molecule has 2 fully saturated rings. The van der Waals surface area contributed by atoms with Crippen LogP contribution in [0.5, 0.6) is 0 Å². The van der Waals surface area contributed by atoms with Crippen LogP contribution in [-0.4, -0.2) is 86.7 Å². The van der Waals surface area contributed by atoms with E-state index < -0.39 is 10.0 Å². The Morgan fingerprint density at radius 2 is 1.93 bits per heavy atom. The van der Waals surface area contributed by atoms with E-state index in [0.717, 1.165) is 37.6 Å². The van der Waals surface area contributed by atoms with Gasteiger partial charge in [-0.1, -0.05) is 30.3 Å². The molecular weight excluding hydrogens is 406 g/mol. The molecule has 2 N–H and O–H groups in total. The molecule has 3 rings (SSSR count). The maximum Gasteiger partial charge on any atom is 0.215 e. The van der Waals surface area contributed by atoms with E-state index >= 15 is 0 Å². The van der Waals surface area contributed by atoms with Crippen molar-refractivity contribution in [1.29, 1.82) is 0 Å². The molecule has 0 amide bonds. The van der Waals surface area contributed by atoms with Crippen LogP contribution in [0, 0.1) is 0 Å². The van der Waals surface area contributed by atoms with Crippen LogP contribution in [0.15, 0.2) is 35.3 Å². The Bertz CT molecular complexity index is 751. The molecule has 0 bridgehead atoms. The molecule has 1 atom stereocenters. The number of rotatable bonds is 8. The van der Waals surface area contributed by atoms with Crippen molar-refractivity contribution >= 4 is 27.7 Å². The number of nitrogens with one attached hydrogen (secondary N) is 2. The quantitative estimate of drug-likeness (QED) is 0.468. The third-order valence-corrected chi connectivity index (χ3v) is 8.29. The lowest BCUT2D eigenvalue weighted by Crippen LogP contribution is -2.47. The Labute approximate surface area is 179 Å². The number of hydrogen-bond acceptors (Lipinski definition) is 5. The zero-order valence-corrected chi connectivity index (χ0v) is 18.8. The van der Waals surface area contributed by atoms with Crippen LogP contribution < -0.4 is 10.6 Å². The average Bonchev–Trinajstić information content (AvgIpc) is 3.18. The van der Waals surface area contributed by atoms with Gasteiger partial charge in [0.2, 0.25) is 10.0 Å². The number of benzene rings is 1. The molecule has 9 heteroatoms. The predicted molar refractivity (Wildman–Crippen MR) is 122 cm³/mol. The molecule has 0 aliphatic carbocycles. The maximum atomic E-state index is 12.4. The summed E-state index contributed by atoms with van der Waals surface area (Å²) in [5, 5.41) is 6.54. The lowest BCUT2D eigenvalue weighted by Gasteiger charge is -2.26. The van der Waals surface area contributed by atoms with Gasteiger partial charge in [0.1, 0.15) is 0 Å². The van der Waals surface area contributed by atoms with Gasteiger partial charge in [-0.25, -0.2) is 12.7 Å². The SMILES string of the molecule is CN=C(NCCS(=O)(=O)N1CCSCC1)NCC1CCCN1Cc1ccccc1. The molecule has 29 heavy (non-hydrogen) atoms. The van der Waals surface area contributed by atoms with Crippen LogP contribution in [0.1, 0.15) is 18.4 Å². The van der Waals surface area contributed by atoms with Gasteiger partial charge < -0.3 is 10.6 Å². The Hall–Kier alpha value is -1.29. The summed E-state index contributed by atoms with van der Waals surface area (Å²) in [7, 11) is -1.47. The van der Waals surface area contributed by atoms with Crippen LogP contribution in [0.3, 0.4) is 0 Å². The molecule has 0 aromatic heterocycles. The van der Waals surface area contributed by atoms with Gasteiger partial charge in [0, 0.05) is 57.3 Å². The van der Waals surface area contributed by atoms with E-state index in [2.05, 4.69) is 44.8 Å². The number of nitrogens with zero attached hydrogens (tertiary/aromatic N) is 3. The maximum absolute atomic E-state index is 12.4. The first-order chi connectivity index (χ1) is 14.1. The van der Waals surface area contributed by atoms with Gasteiger partial charge in [0.05, 0.1) is 5.75 Å². The summed E-state index contributed by atoms with van der Waals surface area (Å²) in [4.78, 5) is 6.76. The topological polar surface area (TPSA) is 77.0 Å². The van der Waals surface area contributed by atoms with Crippen LogP contribution in [0.4, 0.5) is 0 Å². The van der Waals surface area contributed by atoms with Crippen molar-refractivity contribution in [3.05, 3.63) is 35.9 Å². The van der Waals surface area contributed by atoms with Crippen molar-refractivity contribution in [2.24, 2.45) is 4.99 Å². The molecule has 2 aliphatic heterocycles. The van der Waals surface area contributed by atoms with E-state index in [1.165, 1.54) is 12.0 Å². The number of hydrogen-bond donors (Lipinski definition) is 2. The Kier molecular flexibility index (Phi) is 8.65. The second kappa shape index (κ2) is 11.2. The summed E-state index contributed by atoms with van der Waals surface area (Å²) in [5.41, 5.74) is 1.34. The summed E-state index contributed by atoms with van der Waals surface area (Å²) in [5.74, 6) is 2.54. The fraction of sp³-hybridized carbons (Fsp3) is 0.650. The highest BCUT2D eigenvalue weighted by Crippen LogP contribution is 2.19. The van der Waals surface area contributed by atoms with Gasteiger partial charge in [-0.2, -0.15) is 11.8 Å². The molecule has 1 unspecified atom stereocenters. The van der Waals surface area contributed by atoms with E-state index in [9.17, 15) is 8.42 Å². The zero-order chi connectivity index (χ0) is 20.5. The largest absolute Gasteiger partial charge is 0.355 e. The predicted octanol–water partition coefficient (Wildman–Crippen LogP) is 1.19. The van der Waals surface area contributed by atoms with Crippen molar-refractivity contribution in [3.63, 3.8) is 0 Å². The molecule has 162 valence electrons. The molecule has 0 spiro atoms. The summed E-state index contributed by atoms with van der Waals surface area (Å²) < 4.78 is 26.5. The molecule has 7 nitrogen and oxygen atoms in total. The highest BCUT2D eigenvalue weighted by atomic mass is 32.2. The number of thioether (sulfide) groups is 1. The Balaban J connectivity index is 1.41. The van der Waals surface area contributed by atoms with Gasteiger partial charge >= 0.3 is 0 Å². The normalized spacial score (nSPS) is 22.0. The monoisotopic (exact) mass is 439 g/mol. The van der Waals surface area contributed by atoms with Crippen LogP contribution in [-0.2, 0) is 16.6 Å². The van der Waals surface area contributed by atoms with Gasteiger partial charge in [0.15, 0.2) is 5.96 Å². The van der Waals surface area contributed by atoms with Crippen LogP contribution in [0.25, 0.3) is 0 Å². The number of sulfonamides is 1. The first kappa shape index (κ1) is 22.4. The lowest BCUT2D eigenvalue weighted by atomic mass is 10.2. The van der Waals surface area contributed by atoms with Gasteiger partial charge in [0.25, 0.3) is 0 Å². The van der Waals surface area contributed by atoms with Crippen molar-refractivity contribution in [2.75, 3.05) is 57.0 Å². The van der Waals surface area contributed by atoms with E-state index in [-0.39, 0.29) is 5.75 Å². The third-order valence-electron chi connectivity index (χ3n) is 5.47. The molecule has 1 aromatic carbocycles. The second-order valence-corrected chi connectivity index (χ2v) is 10.8. The molecule has 0 saturated carbocycles. The minimum atomic E-state index is -3.19. The lowest BCUT2D eigenvalue weighted by molar-refractivity contribution is 0.245. The molecule has 0 radical (unpaired) electrons. The van der Waals surface area contributed by atoms with E-state index in [4.69, 9.17) is 0 Å². The summed E-state index contributed by atoms with van der Waals surface area (Å²) in [6.07, 6.45) is 2.37. The Morgan fingerprint density at radius 3 is 2.66 bits per heavy atom. The number of aliphatic imine (C=N–C) groups is 1. The molecule has 2 saturated heterocycles. The smallest absolute Gasteiger partial charge is 0.215 e. The average molecular weight is 440 g/mol. The van der Waals surface area contributed by atoms with E-state index in [0.29, 0.717) is 31.6 Å². The van der Waals surface area contributed by atoms with Gasteiger partial charge in [-0.15, -0.1) is 0 Å². The van der Waals surface area contributed by atoms with Crippen molar-refractivity contribution in [1.82, 2.24) is 19.8 Å². The van der Waals surface area contributed by atoms with E-state index in [1.54, 1.807) is 11.4 Å². The first-order valence-corrected chi connectivity index (χ1v) is 13.1. The fourth-order valence-electron chi connectivity index (χ4n) is 3.84. The van der Waals surface area contributed by atoms with Crippen molar-refractivity contribution < 1.29 is 8.42 Å². The molecule has 2 heterocycles. The standard InChI is InChI=1S/C20H33N5O2S2/c1-21-20(22-9-15-29(26,27)25-11-13-28-14-12-25)23-16-19-8-5-10-24(19)17-18-6-3-2-4-7-18/h2-4,6-7,19H,5,8-17H2,1H3,(H2,21,22,23). The van der Waals surface area contributed by atoms with Crippen LogP contribution >= 0.6 is 11.8 Å².